The van der Waals surface area contributed by atoms with Crippen molar-refractivity contribution in [2.75, 3.05) is 6.61 Å². The Hall–Kier alpha value is -1.50. The number of hydrogen-bond acceptors (Lipinski definition) is 5. The number of tetrazole rings is 1. The standard InChI is InChI=1S/C11H18N4O3/c1-7-4-8(5-18-7)9-12-13-14-15(9)6-11(2,3)10(16)17/h7-8H,4-6H2,1-3H3,(H,16,17). The van der Waals surface area contributed by atoms with Crippen LogP contribution in [0.15, 0.2) is 0 Å². The molecule has 2 rings (SSSR count). The molecule has 1 aromatic heterocycles. The Labute approximate surface area is 105 Å². The van der Waals surface area contributed by atoms with Gasteiger partial charge in [-0.25, -0.2) is 4.68 Å². The molecule has 0 saturated carbocycles. The van der Waals surface area contributed by atoms with Crippen molar-refractivity contribution in [1.82, 2.24) is 20.2 Å². The number of nitrogens with zero attached hydrogens (tertiary/aromatic N) is 4. The number of carboxylic acids is 1. The summed E-state index contributed by atoms with van der Waals surface area (Å²) >= 11 is 0. The van der Waals surface area contributed by atoms with E-state index in [1.165, 1.54) is 0 Å². The first-order valence-electron chi connectivity index (χ1n) is 6.01. The molecule has 0 radical (unpaired) electrons. The monoisotopic (exact) mass is 254 g/mol. The van der Waals surface area contributed by atoms with Crippen LogP contribution in [0.1, 0.15) is 38.9 Å². The van der Waals surface area contributed by atoms with Gasteiger partial charge in [-0.3, -0.25) is 4.79 Å². The van der Waals surface area contributed by atoms with Crippen LogP contribution in [0.3, 0.4) is 0 Å². The Balaban J connectivity index is 2.16. The molecule has 0 spiro atoms. The fourth-order valence-corrected chi connectivity index (χ4v) is 2.06. The van der Waals surface area contributed by atoms with Crippen molar-refractivity contribution in [2.45, 2.75) is 45.8 Å². The van der Waals surface area contributed by atoms with E-state index in [-0.39, 0.29) is 18.6 Å². The van der Waals surface area contributed by atoms with Crippen LogP contribution >= 0.6 is 0 Å². The minimum absolute atomic E-state index is 0.152. The van der Waals surface area contributed by atoms with Gasteiger partial charge in [0, 0.05) is 5.92 Å². The molecule has 100 valence electrons. The van der Waals surface area contributed by atoms with Gasteiger partial charge in [0.15, 0.2) is 5.82 Å². The summed E-state index contributed by atoms with van der Waals surface area (Å²) in [5.74, 6) is 0.00765. The fourth-order valence-electron chi connectivity index (χ4n) is 2.06. The van der Waals surface area contributed by atoms with E-state index in [1.54, 1.807) is 18.5 Å². The lowest BCUT2D eigenvalue weighted by atomic mass is 9.93. The Morgan fingerprint density at radius 1 is 1.61 bits per heavy atom. The summed E-state index contributed by atoms with van der Waals surface area (Å²) in [5.41, 5.74) is -0.894. The number of ether oxygens (including phenoxy) is 1. The van der Waals surface area contributed by atoms with Crippen LogP contribution in [0.2, 0.25) is 0 Å². The summed E-state index contributed by atoms with van der Waals surface area (Å²) in [7, 11) is 0. The highest BCUT2D eigenvalue weighted by Gasteiger charge is 2.33. The van der Waals surface area contributed by atoms with Crippen molar-refractivity contribution in [3.8, 4) is 0 Å². The highest BCUT2D eigenvalue weighted by molar-refractivity contribution is 5.73. The molecule has 0 aromatic carbocycles. The normalized spacial score (nSPS) is 24.4. The second-order valence-electron chi connectivity index (χ2n) is 5.46. The maximum absolute atomic E-state index is 11.1. The summed E-state index contributed by atoms with van der Waals surface area (Å²) in [6.07, 6.45) is 1.07. The Morgan fingerprint density at radius 3 is 2.89 bits per heavy atom. The second-order valence-corrected chi connectivity index (χ2v) is 5.46. The van der Waals surface area contributed by atoms with E-state index >= 15 is 0 Å². The lowest BCUT2D eigenvalue weighted by Gasteiger charge is -2.20. The molecule has 1 fully saturated rings. The van der Waals surface area contributed by atoms with E-state index in [0.717, 1.165) is 6.42 Å². The highest BCUT2D eigenvalue weighted by atomic mass is 16.5. The minimum atomic E-state index is -0.894. The first kappa shape index (κ1) is 12.9. The molecule has 2 heterocycles. The molecule has 0 bridgehead atoms. The van der Waals surface area contributed by atoms with Crippen LogP contribution in [-0.4, -0.2) is 44.0 Å². The topological polar surface area (TPSA) is 90.1 Å². The SMILES string of the molecule is CC1CC(c2nnnn2CC(C)(C)C(=O)O)CO1. The van der Waals surface area contributed by atoms with E-state index in [1.807, 2.05) is 6.92 Å². The van der Waals surface area contributed by atoms with Gasteiger partial charge in [0.1, 0.15) is 0 Å². The zero-order valence-electron chi connectivity index (χ0n) is 10.8. The van der Waals surface area contributed by atoms with Crippen LogP contribution in [0.5, 0.6) is 0 Å². The number of carbonyl (C=O) groups is 1. The largest absolute Gasteiger partial charge is 0.481 e. The van der Waals surface area contributed by atoms with Gasteiger partial charge in [-0.05, 0) is 37.6 Å². The Bertz CT molecular complexity index is 443. The molecule has 2 unspecified atom stereocenters. The number of hydrogen-bond donors (Lipinski definition) is 1. The second kappa shape index (κ2) is 4.64. The lowest BCUT2D eigenvalue weighted by molar-refractivity contribution is -0.147. The van der Waals surface area contributed by atoms with Crippen molar-refractivity contribution in [1.29, 1.82) is 0 Å². The molecule has 7 heteroatoms. The third-order valence-electron chi connectivity index (χ3n) is 3.25. The molecule has 18 heavy (non-hydrogen) atoms. The zero-order chi connectivity index (χ0) is 13.3. The van der Waals surface area contributed by atoms with Crippen molar-refractivity contribution in [3.63, 3.8) is 0 Å². The molecular weight excluding hydrogens is 236 g/mol. The van der Waals surface area contributed by atoms with Gasteiger partial charge in [-0.1, -0.05) is 0 Å². The van der Waals surface area contributed by atoms with E-state index in [9.17, 15) is 4.79 Å². The first-order chi connectivity index (χ1) is 8.40. The average Bonchev–Trinajstić information content (AvgIpc) is 2.86. The van der Waals surface area contributed by atoms with Gasteiger partial charge >= 0.3 is 5.97 Å². The first-order valence-corrected chi connectivity index (χ1v) is 6.01. The molecule has 7 nitrogen and oxygen atoms in total. The third-order valence-corrected chi connectivity index (χ3v) is 3.25. The average molecular weight is 254 g/mol. The molecule has 1 aliphatic heterocycles. The van der Waals surface area contributed by atoms with E-state index in [4.69, 9.17) is 9.84 Å². The Kier molecular flexibility index (Phi) is 3.34. The van der Waals surface area contributed by atoms with Gasteiger partial charge in [0.25, 0.3) is 0 Å². The summed E-state index contributed by atoms with van der Waals surface area (Å²) in [5, 5.41) is 20.7. The van der Waals surface area contributed by atoms with Gasteiger partial charge in [-0.15, -0.1) is 5.10 Å². The van der Waals surface area contributed by atoms with E-state index in [2.05, 4.69) is 15.5 Å². The predicted molar refractivity (Wildman–Crippen MR) is 62.0 cm³/mol. The van der Waals surface area contributed by atoms with Gasteiger partial charge in [0.05, 0.1) is 24.7 Å². The molecule has 1 aromatic rings. The molecule has 1 saturated heterocycles. The molecule has 1 aliphatic rings. The number of aromatic nitrogens is 4. The summed E-state index contributed by atoms with van der Waals surface area (Å²) < 4.78 is 7.08. The van der Waals surface area contributed by atoms with Crippen molar-refractivity contribution in [2.24, 2.45) is 5.41 Å². The summed E-state index contributed by atoms with van der Waals surface area (Å²) in [4.78, 5) is 11.1. The zero-order valence-corrected chi connectivity index (χ0v) is 10.8. The third kappa shape index (κ3) is 2.50. The number of aliphatic carboxylic acids is 1. The van der Waals surface area contributed by atoms with Crippen LogP contribution in [0.25, 0.3) is 0 Å². The number of carboxylic acid groups (broad SMARTS) is 1. The molecular formula is C11H18N4O3. The maximum atomic E-state index is 11.1. The predicted octanol–water partition coefficient (Wildman–Crippen LogP) is 0.676. The maximum Gasteiger partial charge on any atom is 0.310 e. The lowest BCUT2D eigenvalue weighted by Crippen LogP contribution is -2.31. The molecule has 2 atom stereocenters. The van der Waals surface area contributed by atoms with Crippen molar-refractivity contribution < 1.29 is 14.6 Å². The van der Waals surface area contributed by atoms with E-state index in [0.29, 0.717) is 12.4 Å². The Morgan fingerprint density at radius 2 is 2.33 bits per heavy atom. The van der Waals surface area contributed by atoms with Crippen LogP contribution in [0, 0.1) is 5.41 Å². The number of rotatable bonds is 4. The van der Waals surface area contributed by atoms with Crippen LogP contribution in [-0.2, 0) is 16.1 Å². The molecule has 1 N–H and O–H groups in total. The summed E-state index contributed by atoms with van der Waals surface area (Å²) in [6.45, 7) is 6.18. The quantitative estimate of drug-likeness (QED) is 0.849. The van der Waals surface area contributed by atoms with Crippen LogP contribution < -0.4 is 0 Å². The van der Waals surface area contributed by atoms with Crippen molar-refractivity contribution >= 4 is 5.97 Å². The molecule has 0 aliphatic carbocycles. The fraction of sp³-hybridized carbons (Fsp3) is 0.818. The minimum Gasteiger partial charge on any atom is -0.481 e. The van der Waals surface area contributed by atoms with Crippen molar-refractivity contribution in [3.05, 3.63) is 5.82 Å². The van der Waals surface area contributed by atoms with E-state index < -0.39 is 11.4 Å². The van der Waals surface area contributed by atoms with Crippen LogP contribution in [0.4, 0.5) is 0 Å². The van der Waals surface area contributed by atoms with Gasteiger partial charge in [-0.2, -0.15) is 0 Å². The molecule has 0 amide bonds. The highest BCUT2D eigenvalue weighted by Crippen LogP contribution is 2.28. The smallest absolute Gasteiger partial charge is 0.310 e. The summed E-state index contributed by atoms with van der Waals surface area (Å²) in [6, 6.07) is 0. The van der Waals surface area contributed by atoms with Gasteiger partial charge in [0.2, 0.25) is 0 Å². The van der Waals surface area contributed by atoms with Gasteiger partial charge < -0.3 is 9.84 Å².